The van der Waals surface area contributed by atoms with E-state index in [-0.39, 0.29) is 18.2 Å². The van der Waals surface area contributed by atoms with Crippen molar-refractivity contribution in [3.63, 3.8) is 0 Å². The highest BCUT2D eigenvalue weighted by Crippen LogP contribution is 2.16. The Bertz CT molecular complexity index is 601. The number of rotatable bonds is 2. The van der Waals surface area contributed by atoms with Crippen LogP contribution in [0, 0.1) is 11.3 Å². The maximum absolute atomic E-state index is 12.2. The van der Waals surface area contributed by atoms with E-state index >= 15 is 0 Å². The van der Waals surface area contributed by atoms with E-state index in [9.17, 15) is 9.59 Å². The molecule has 0 atom stereocenters. The number of hydrogen-bond donors (Lipinski definition) is 1. The van der Waals surface area contributed by atoms with Crippen molar-refractivity contribution in [3.05, 3.63) is 29.8 Å². The molecule has 2 amide bonds. The molecule has 1 heterocycles. The summed E-state index contributed by atoms with van der Waals surface area (Å²) in [6, 6.07) is 8.76. The Labute approximate surface area is 110 Å². The molecule has 6 heteroatoms. The highest BCUT2D eigenvalue weighted by Gasteiger charge is 2.22. The van der Waals surface area contributed by atoms with Crippen LogP contribution in [0.25, 0.3) is 0 Å². The SMILES string of the molecule is CN(C(=O)C1=NNC(=O)CC1)c1cccc(C#N)c1. The van der Waals surface area contributed by atoms with E-state index < -0.39 is 0 Å². The minimum atomic E-state index is -0.282. The van der Waals surface area contributed by atoms with Gasteiger partial charge in [0.2, 0.25) is 5.91 Å². The number of nitrogens with zero attached hydrogens (tertiary/aromatic N) is 3. The highest BCUT2D eigenvalue weighted by atomic mass is 16.2. The zero-order chi connectivity index (χ0) is 13.8. The van der Waals surface area contributed by atoms with Gasteiger partial charge in [-0.25, -0.2) is 5.43 Å². The summed E-state index contributed by atoms with van der Waals surface area (Å²) in [5.41, 5.74) is 3.70. The second kappa shape index (κ2) is 5.31. The number of hydrogen-bond acceptors (Lipinski definition) is 4. The van der Waals surface area contributed by atoms with Gasteiger partial charge < -0.3 is 4.90 Å². The minimum absolute atomic E-state index is 0.189. The number of carbonyl (C=O) groups excluding carboxylic acids is 2. The van der Waals surface area contributed by atoms with Crippen LogP contribution in [0.3, 0.4) is 0 Å². The Morgan fingerprint density at radius 1 is 1.47 bits per heavy atom. The predicted octanol–water partition coefficient (Wildman–Crippen LogP) is 0.787. The molecular formula is C13H12N4O2. The lowest BCUT2D eigenvalue weighted by atomic mass is 10.1. The van der Waals surface area contributed by atoms with Crippen LogP contribution in [0.15, 0.2) is 29.4 Å². The van der Waals surface area contributed by atoms with Crippen molar-refractivity contribution in [3.8, 4) is 6.07 Å². The molecule has 1 aromatic carbocycles. The summed E-state index contributed by atoms with van der Waals surface area (Å²) in [7, 11) is 1.61. The van der Waals surface area contributed by atoms with Gasteiger partial charge in [-0.15, -0.1) is 0 Å². The molecule has 19 heavy (non-hydrogen) atoms. The highest BCUT2D eigenvalue weighted by molar-refractivity contribution is 6.44. The molecule has 0 saturated heterocycles. The topological polar surface area (TPSA) is 85.6 Å². The summed E-state index contributed by atoms with van der Waals surface area (Å²) in [4.78, 5) is 24.6. The molecule has 1 aliphatic rings. The Morgan fingerprint density at radius 3 is 2.89 bits per heavy atom. The van der Waals surface area contributed by atoms with E-state index in [0.29, 0.717) is 23.4 Å². The van der Waals surface area contributed by atoms with Gasteiger partial charge in [-0.05, 0) is 18.2 Å². The molecular weight excluding hydrogens is 244 g/mol. The van der Waals surface area contributed by atoms with Crippen LogP contribution in [0.4, 0.5) is 5.69 Å². The number of amides is 2. The molecule has 1 aliphatic heterocycles. The lowest BCUT2D eigenvalue weighted by Gasteiger charge is -2.20. The predicted molar refractivity (Wildman–Crippen MR) is 69.4 cm³/mol. The smallest absolute Gasteiger partial charge is 0.274 e. The molecule has 2 rings (SSSR count). The number of hydrazone groups is 1. The van der Waals surface area contributed by atoms with Crippen LogP contribution < -0.4 is 10.3 Å². The number of nitriles is 1. The first kappa shape index (κ1) is 12.8. The molecule has 0 bridgehead atoms. The second-order valence-electron chi connectivity index (χ2n) is 4.12. The molecule has 6 nitrogen and oxygen atoms in total. The fourth-order valence-electron chi connectivity index (χ4n) is 1.72. The molecule has 0 aromatic heterocycles. The molecule has 96 valence electrons. The third-order valence-corrected chi connectivity index (χ3v) is 2.82. The summed E-state index contributed by atoms with van der Waals surface area (Å²) in [5.74, 6) is -0.472. The van der Waals surface area contributed by atoms with E-state index in [2.05, 4.69) is 10.5 Å². The standard InChI is InChI=1S/C13H12N4O2/c1-17(10-4-2-3-9(7-10)8-14)13(19)11-5-6-12(18)16-15-11/h2-4,7H,5-6H2,1H3,(H,16,18). The van der Waals surface area contributed by atoms with Gasteiger partial charge >= 0.3 is 0 Å². The monoisotopic (exact) mass is 256 g/mol. The normalized spacial score (nSPS) is 14.1. The van der Waals surface area contributed by atoms with Crippen molar-refractivity contribution in [1.82, 2.24) is 5.43 Å². The van der Waals surface area contributed by atoms with E-state index in [4.69, 9.17) is 5.26 Å². The fraction of sp³-hybridized carbons (Fsp3) is 0.231. The second-order valence-corrected chi connectivity index (χ2v) is 4.12. The van der Waals surface area contributed by atoms with E-state index in [1.165, 1.54) is 4.90 Å². The van der Waals surface area contributed by atoms with E-state index in [0.717, 1.165) is 0 Å². The Morgan fingerprint density at radius 2 is 2.26 bits per heavy atom. The van der Waals surface area contributed by atoms with Gasteiger partial charge in [-0.2, -0.15) is 10.4 Å². The van der Waals surface area contributed by atoms with Gasteiger partial charge in [0, 0.05) is 25.6 Å². The zero-order valence-electron chi connectivity index (χ0n) is 10.4. The van der Waals surface area contributed by atoms with Crippen molar-refractivity contribution in [2.75, 3.05) is 11.9 Å². The first-order valence-corrected chi connectivity index (χ1v) is 5.75. The van der Waals surface area contributed by atoms with Crippen molar-refractivity contribution >= 4 is 23.2 Å². The van der Waals surface area contributed by atoms with Gasteiger partial charge in [0.25, 0.3) is 5.91 Å². The largest absolute Gasteiger partial charge is 0.310 e. The van der Waals surface area contributed by atoms with Crippen LogP contribution in [0.5, 0.6) is 0 Å². The molecule has 1 N–H and O–H groups in total. The number of carbonyl (C=O) groups is 2. The molecule has 0 aliphatic carbocycles. The van der Waals surface area contributed by atoms with Crippen LogP contribution in [-0.2, 0) is 9.59 Å². The van der Waals surface area contributed by atoms with Gasteiger partial charge in [-0.1, -0.05) is 6.07 Å². The lowest BCUT2D eigenvalue weighted by molar-refractivity contribution is -0.121. The Kier molecular flexibility index (Phi) is 3.57. The Balaban J connectivity index is 2.19. The fourth-order valence-corrected chi connectivity index (χ4v) is 1.72. The summed E-state index contributed by atoms with van der Waals surface area (Å²) in [6.07, 6.45) is 0.587. The first-order valence-electron chi connectivity index (χ1n) is 5.75. The first-order chi connectivity index (χ1) is 9.11. The van der Waals surface area contributed by atoms with Crippen LogP contribution in [-0.4, -0.2) is 24.6 Å². The summed E-state index contributed by atoms with van der Waals surface area (Å²) in [6.45, 7) is 0. The number of nitrogens with one attached hydrogen (secondary N) is 1. The lowest BCUT2D eigenvalue weighted by Crippen LogP contribution is -2.38. The maximum atomic E-state index is 12.2. The summed E-state index contributed by atoms with van der Waals surface area (Å²) in [5, 5.41) is 12.6. The molecule has 0 radical (unpaired) electrons. The summed E-state index contributed by atoms with van der Waals surface area (Å²) < 4.78 is 0. The van der Waals surface area contributed by atoms with Crippen molar-refractivity contribution in [2.45, 2.75) is 12.8 Å². The average molecular weight is 256 g/mol. The van der Waals surface area contributed by atoms with Gasteiger partial charge in [0.15, 0.2) is 0 Å². The van der Waals surface area contributed by atoms with Crippen molar-refractivity contribution in [2.24, 2.45) is 5.10 Å². The van der Waals surface area contributed by atoms with Gasteiger partial charge in [0.05, 0.1) is 11.6 Å². The molecule has 1 aromatic rings. The molecule has 0 spiro atoms. The third kappa shape index (κ3) is 2.77. The maximum Gasteiger partial charge on any atom is 0.274 e. The van der Waals surface area contributed by atoms with Gasteiger partial charge in [0.1, 0.15) is 5.71 Å². The number of benzene rings is 1. The molecule has 0 fully saturated rings. The van der Waals surface area contributed by atoms with Gasteiger partial charge in [-0.3, -0.25) is 9.59 Å². The molecule has 0 saturated carbocycles. The van der Waals surface area contributed by atoms with Crippen LogP contribution in [0.1, 0.15) is 18.4 Å². The minimum Gasteiger partial charge on any atom is -0.310 e. The van der Waals surface area contributed by atoms with Crippen molar-refractivity contribution < 1.29 is 9.59 Å². The Hall–Kier alpha value is -2.68. The third-order valence-electron chi connectivity index (χ3n) is 2.82. The quantitative estimate of drug-likeness (QED) is 0.848. The van der Waals surface area contributed by atoms with Crippen molar-refractivity contribution in [1.29, 1.82) is 5.26 Å². The van der Waals surface area contributed by atoms with E-state index in [1.807, 2.05) is 6.07 Å². The van der Waals surface area contributed by atoms with Crippen LogP contribution >= 0.6 is 0 Å². The summed E-state index contributed by atoms with van der Waals surface area (Å²) >= 11 is 0. The van der Waals surface area contributed by atoms with Crippen LogP contribution in [0.2, 0.25) is 0 Å². The number of anilines is 1. The van der Waals surface area contributed by atoms with E-state index in [1.54, 1.807) is 31.3 Å². The molecule has 0 unspecified atom stereocenters. The average Bonchev–Trinajstić information content (AvgIpc) is 2.46. The zero-order valence-corrected chi connectivity index (χ0v) is 10.4.